The number of hydrogen-bond acceptors (Lipinski definition) is 4. The SMILES string of the molecule is COc1cc(C)c2c(c1)c1ncccc1n2Cc1ccc(S(N)(=O)=O)cc1. The molecule has 0 bridgehead atoms. The molecule has 2 aromatic heterocycles. The number of ether oxygens (including phenoxy) is 1. The molecule has 0 unspecified atom stereocenters. The molecular formula is C20H19N3O3S. The molecular weight excluding hydrogens is 362 g/mol. The Kier molecular flexibility index (Phi) is 4.13. The van der Waals surface area contributed by atoms with Crippen LogP contribution < -0.4 is 9.88 Å². The van der Waals surface area contributed by atoms with Gasteiger partial charge in [0.2, 0.25) is 10.0 Å². The minimum atomic E-state index is -3.70. The molecule has 0 atom stereocenters. The molecule has 4 rings (SSSR count). The molecule has 2 heterocycles. The topological polar surface area (TPSA) is 87.2 Å². The van der Waals surface area contributed by atoms with Gasteiger partial charge in [0.15, 0.2) is 0 Å². The number of sulfonamides is 1. The summed E-state index contributed by atoms with van der Waals surface area (Å²) in [4.78, 5) is 4.67. The maximum absolute atomic E-state index is 11.5. The van der Waals surface area contributed by atoms with Gasteiger partial charge in [0, 0.05) is 18.1 Å². The van der Waals surface area contributed by atoms with E-state index in [1.165, 1.54) is 12.1 Å². The van der Waals surface area contributed by atoms with Crippen molar-refractivity contribution in [2.75, 3.05) is 7.11 Å². The Labute approximate surface area is 157 Å². The summed E-state index contributed by atoms with van der Waals surface area (Å²) in [5.74, 6) is 0.794. The molecule has 2 aromatic carbocycles. The van der Waals surface area contributed by atoms with Gasteiger partial charge in [-0.2, -0.15) is 0 Å². The van der Waals surface area contributed by atoms with E-state index in [1.54, 1.807) is 25.4 Å². The summed E-state index contributed by atoms with van der Waals surface area (Å²) >= 11 is 0. The Morgan fingerprint density at radius 2 is 1.89 bits per heavy atom. The Hall–Kier alpha value is -2.90. The summed E-state index contributed by atoms with van der Waals surface area (Å²) in [7, 11) is -2.04. The molecule has 2 N–H and O–H groups in total. The van der Waals surface area contributed by atoms with Gasteiger partial charge in [0.05, 0.1) is 28.6 Å². The fraction of sp³-hybridized carbons (Fsp3) is 0.150. The largest absolute Gasteiger partial charge is 0.497 e. The number of nitrogens with zero attached hydrogens (tertiary/aromatic N) is 2. The smallest absolute Gasteiger partial charge is 0.238 e. The van der Waals surface area contributed by atoms with Crippen molar-refractivity contribution in [2.24, 2.45) is 5.14 Å². The zero-order chi connectivity index (χ0) is 19.2. The van der Waals surface area contributed by atoms with Crippen LogP contribution in [0.2, 0.25) is 0 Å². The quantitative estimate of drug-likeness (QED) is 0.588. The number of methoxy groups -OCH3 is 1. The monoisotopic (exact) mass is 381 g/mol. The van der Waals surface area contributed by atoms with Crippen LogP contribution in [0.4, 0.5) is 0 Å². The minimum absolute atomic E-state index is 0.107. The van der Waals surface area contributed by atoms with Crippen molar-refractivity contribution in [1.82, 2.24) is 9.55 Å². The number of benzene rings is 2. The summed E-state index contributed by atoms with van der Waals surface area (Å²) in [6.45, 7) is 2.63. The first-order valence-corrected chi connectivity index (χ1v) is 9.96. The number of rotatable bonds is 4. The van der Waals surface area contributed by atoms with Crippen LogP contribution >= 0.6 is 0 Å². The van der Waals surface area contributed by atoms with Gasteiger partial charge in [-0.05, 0) is 54.4 Å². The van der Waals surface area contributed by atoms with Crippen LogP contribution in [0.25, 0.3) is 21.9 Å². The lowest BCUT2D eigenvalue weighted by Crippen LogP contribution is -2.12. The lowest BCUT2D eigenvalue weighted by atomic mass is 10.1. The molecule has 0 fully saturated rings. The number of nitrogens with two attached hydrogens (primary N) is 1. The number of fused-ring (bicyclic) bond motifs is 3. The fourth-order valence-electron chi connectivity index (χ4n) is 3.48. The lowest BCUT2D eigenvalue weighted by molar-refractivity contribution is 0.415. The van der Waals surface area contributed by atoms with Crippen molar-refractivity contribution in [2.45, 2.75) is 18.4 Å². The molecule has 0 aliphatic rings. The maximum Gasteiger partial charge on any atom is 0.238 e. The highest BCUT2D eigenvalue weighted by atomic mass is 32.2. The summed E-state index contributed by atoms with van der Waals surface area (Å²) in [6.07, 6.45) is 1.78. The van der Waals surface area contributed by atoms with Crippen molar-refractivity contribution in [3.05, 3.63) is 65.9 Å². The van der Waals surface area contributed by atoms with Gasteiger partial charge >= 0.3 is 0 Å². The van der Waals surface area contributed by atoms with E-state index in [0.717, 1.165) is 38.8 Å². The van der Waals surface area contributed by atoms with Crippen molar-refractivity contribution >= 4 is 32.0 Å². The second-order valence-electron chi connectivity index (χ2n) is 6.49. The number of aryl methyl sites for hydroxylation is 1. The van der Waals surface area contributed by atoms with E-state index in [2.05, 4.69) is 9.55 Å². The minimum Gasteiger partial charge on any atom is -0.497 e. The second-order valence-corrected chi connectivity index (χ2v) is 8.05. The molecule has 0 saturated carbocycles. The van der Waals surface area contributed by atoms with Gasteiger partial charge in [-0.1, -0.05) is 12.1 Å². The molecule has 0 spiro atoms. The Morgan fingerprint density at radius 3 is 2.56 bits per heavy atom. The summed E-state index contributed by atoms with van der Waals surface area (Å²) < 4.78 is 30.5. The highest BCUT2D eigenvalue weighted by Gasteiger charge is 2.15. The summed E-state index contributed by atoms with van der Waals surface area (Å²) in [6, 6.07) is 14.6. The number of aromatic nitrogens is 2. The van der Waals surface area contributed by atoms with Gasteiger partial charge in [-0.15, -0.1) is 0 Å². The molecule has 138 valence electrons. The Morgan fingerprint density at radius 1 is 1.15 bits per heavy atom. The predicted octanol–water partition coefficient (Wildman–Crippen LogP) is 3.20. The summed E-state index contributed by atoms with van der Waals surface area (Å²) in [5, 5.41) is 6.22. The molecule has 0 saturated heterocycles. The molecule has 4 aromatic rings. The van der Waals surface area contributed by atoms with Gasteiger partial charge < -0.3 is 9.30 Å². The van der Waals surface area contributed by atoms with E-state index in [-0.39, 0.29) is 4.90 Å². The normalized spacial score (nSPS) is 12.0. The van der Waals surface area contributed by atoms with E-state index < -0.39 is 10.0 Å². The van der Waals surface area contributed by atoms with E-state index in [1.807, 2.05) is 31.2 Å². The van der Waals surface area contributed by atoms with Crippen molar-refractivity contribution in [3.8, 4) is 5.75 Å². The van der Waals surface area contributed by atoms with Crippen LogP contribution in [0.1, 0.15) is 11.1 Å². The van der Waals surface area contributed by atoms with Crippen LogP contribution in [-0.4, -0.2) is 25.1 Å². The Balaban J connectivity index is 1.90. The third-order valence-electron chi connectivity index (χ3n) is 4.70. The first-order valence-electron chi connectivity index (χ1n) is 8.42. The van der Waals surface area contributed by atoms with Gasteiger partial charge in [0.25, 0.3) is 0 Å². The zero-order valence-corrected chi connectivity index (χ0v) is 15.8. The molecule has 27 heavy (non-hydrogen) atoms. The average Bonchev–Trinajstić information content (AvgIpc) is 2.96. The molecule has 6 nitrogen and oxygen atoms in total. The third-order valence-corrected chi connectivity index (χ3v) is 5.63. The standard InChI is InChI=1S/C20H19N3O3S/c1-13-10-15(26-2)11-17-19-18(4-3-9-22-19)23(20(13)17)12-14-5-7-16(8-6-14)27(21,24)25/h3-11H,12H2,1-2H3,(H2,21,24,25). The van der Waals surface area contributed by atoms with E-state index in [0.29, 0.717) is 6.54 Å². The van der Waals surface area contributed by atoms with Crippen molar-refractivity contribution in [1.29, 1.82) is 0 Å². The van der Waals surface area contributed by atoms with Crippen molar-refractivity contribution in [3.63, 3.8) is 0 Å². The van der Waals surface area contributed by atoms with Crippen LogP contribution in [-0.2, 0) is 16.6 Å². The number of hydrogen-bond donors (Lipinski definition) is 1. The van der Waals surface area contributed by atoms with Crippen LogP contribution in [0.5, 0.6) is 5.75 Å². The predicted molar refractivity (Wildman–Crippen MR) is 105 cm³/mol. The molecule has 0 radical (unpaired) electrons. The maximum atomic E-state index is 11.5. The third kappa shape index (κ3) is 3.05. The van der Waals surface area contributed by atoms with E-state index in [9.17, 15) is 8.42 Å². The fourth-order valence-corrected chi connectivity index (χ4v) is 3.99. The van der Waals surface area contributed by atoms with Crippen LogP contribution in [0, 0.1) is 6.92 Å². The molecule has 0 aliphatic heterocycles. The van der Waals surface area contributed by atoms with Crippen LogP contribution in [0.15, 0.2) is 59.6 Å². The molecule has 0 amide bonds. The molecule has 0 aliphatic carbocycles. The number of primary sulfonamides is 1. The second kappa shape index (κ2) is 6.37. The van der Waals surface area contributed by atoms with E-state index in [4.69, 9.17) is 9.88 Å². The van der Waals surface area contributed by atoms with Gasteiger partial charge in [-0.25, -0.2) is 13.6 Å². The lowest BCUT2D eigenvalue weighted by Gasteiger charge is -2.11. The van der Waals surface area contributed by atoms with E-state index >= 15 is 0 Å². The highest BCUT2D eigenvalue weighted by Crippen LogP contribution is 2.33. The molecule has 7 heteroatoms. The highest BCUT2D eigenvalue weighted by molar-refractivity contribution is 7.89. The Bertz CT molecular complexity index is 1260. The zero-order valence-electron chi connectivity index (χ0n) is 15.0. The number of pyridine rings is 1. The average molecular weight is 381 g/mol. The van der Waals surface area contributed by atoms with Crippen LogP contribution in [0.3, 0.4) is 0 Å². The first-order chi connectivity index (χ1) is 12.9. The van der Waals surface area contributed by atoms with Crippen molar-refractivity contribution < 1.29 is 13.2 Å². The first kappa shape index (κ1) is 17.5. The van der Waals surface area contributed by atoms with Gasteiger partial charge in [0.1, 0.15) is 5.75 Å². The van der Waals surface area contributed by atoms with Gasteiger partial charge in [-0.3, -0.25) is 4.98 Å². The summed E-state index contributed by atoms with van der Waals surface area (Å²) in [5.41, 5.74) is 5.07.